The maximum atomic E-state index is 11.0. The van der Waals surface area contributed by atoms with Gasteiger partial charge in [-0.05, 0) is 115 Å². The molecule has 12 heteroatoms. The maximum absolute atomic E-state index is 11.0. The molecule has 0 amide bonds. The van der Waals surface area contributed by atoms with Crippen LogP contribution in [-0.2, 0) is 44.7 Å². The predicted molar refractivity (Wildman–Crippen MR) is 365 cm³/mol. The van der Waals surface area contributed by atoms with E-state index >= 15 is 0 Å². The molecule has 0 bridgehead atoms. The van der Waals surface area contributed by atoms with Crippen LogP contribution in [0.2, 0.25) is 0 Å². The monoisotopic (exact) mass is 1240 g/mol. The molecule has 2 N–H and O–H groups in total. The summed E-state index contributed by atoms with van der Waals surface area (Å²) < 4.78 is 36.2. The zero-order chi connectivity index (χ0) is 62.3. The smallest absolute Gasteiger partial charge is 0.329 e. The molecule has 2 atom stereocenters. The van der Waals surface area contributed by atoms with Crippen molar-refractivity contribution < 1.29 is 48.2 Å². The molecule has 2 aliphatic heterocycles. The number of thiophene rings is 2. The molecule has 12 rings (SSSR count). The van der Waals surface area contributed by atoms with E-state index in [0.29, 0.717) is 11.5 Å². The van der Waals surface area contributed by atoms with E-state index in [1.54, 1.807) is 22.7 Å². The first-order valence-corrected chi connectivity index (χ1v) is 33.0. The maximum Gasteiger partial charge on any atom is 0.329 e. The molecule has 8 aromatic carbocycles. The summed E-state index contributed by atoms with van der Waals surface area (Å²) in [6, 6.07) is 69.5. The van der Waals surface area contributed by atoms with Crippen LogP contribution in [-0.4, -0.2) is 74.0 Å². The van der Waals surface area contributed by atoms with Gasteiger partial charge in [0.15, 0.2) is 35.2 Å². The molecule has 460 valence electrons. The molecule has 0 aliphatic carbocycles. The Balaban J connectivity index is 0.000000185. The summed E-state index contributed by atoms with van der Waals surface area (Å²) in [5, 5.41) is 18.0. The number of ether oxygens (including phenoxy) is 6. The largest absolute Gasteiger partial charge is 0.484 e. The molecule has 0 saturated heterocycles. The average molecular weight is 1240 g/mol. The highest BCUT2D eigenvalue weighted by molar-refractivity contribution is 7.20. The van der Waals surface area contributed by atoms with Gasteiger partial charge in [-0.1, -0.05) is 248 Å². The second-order valence-electron chi connectivity index (χ2n) is 22.9. The summed E-state index contributed by atoms with van der Waals surface area (Å²) in [6.45, 7) is 8.89. The first-order valence-electron chi connectivity index (χ1n) is 31.3. The number of carbonyl (C=O) groups is 2. The van der Waals surface area contributed by atoms with Gasteiger partial charge in [0.25, 0.3) is 0 Å². The van der Waals surface area contributed by atoms with Gasteiger partial charge in [0, 0.05) is 0 Å². The fourth-order valence-electron chi connectivity index (χ4n) is 11.4. The molecule has 2 aromatic heterocycles. The molecule has 0 spiro atoms. The quantitative estimate of drug-likeness (QED) is 0.0603. The normalized spacial score (nSPS) is 14.0. The highest BCUT2D eigenvalue weighted by Crippen LogP contribution is 2.56. The Bertz CT molecular complexity index is 3700. The summed E-state index contributed by atoms with van der Waals surface area (Å²) in [5.74, 6) is 0.779. The molecule has 2 aliphatic rings. The minimum Gasteiger partial charge on any atom is -0.484 e. The van der Waals surface area contributed by atoms with Gasteiger partial charge in [0.1, 0.15) is 26.4 Å². The van der Waals surface area contributed by atoms with Crippen molar-refractivity contribution in [2.24, 2.45) is 0 Å². The number of fused-ring (bicyclic) bond motifs is 2. The lowest BCUT2D eigenvalue weighted by Gasteiger charge is -2.25. The number of aryl methyl sites for hydroxylation is 4. The molecule has 90 heavy (non-hydrogen) atoms. The van der Waals surface area contributed by atoms with Crippen LogP contribution >= 0.6 is 22.7 Å². The Hall–Kier alpha value is -8.78. The minimum absolute atomic E-state index is 0.134. The van der Waals surface area contributed by atoms with Gasteiger partial charge in [-0.3, -0.25) is 0 Å². The fraction of sp³-hybridized carbons (Fsp3) is 0.256. The minimum atomic E-state index is -1.01. The van der Waals surface area contributed by atoms with E-state index in [9.17, 15) is 9.59 Å². The molecule has 0 unspecified atom stereocenters. The summed E-state index contributed by atoms with van der Waals surface area (Å²) >= 11 is 3.29. The third kappa shape index (κ3) is 15.4. The van der Waals surface area contributed by atoms with Gasteiger partial charge < -0.3 is 38.6 Å². The molecular formula is C78H76O10S2. The Morgan fingerprint density at radius 1 is 0.344 bits per heavy atom. The zero-order valence-corrected chi connectivity index (χ0v) is 53.1. The van der Waals surface area contributed by atoms with E-state index in [1.807, 2.05) is 0 Å². The molecule has 10 nitrogen and oxygen atoms in total. The topological polar surface area (TPSA) is 130 Å². The lowest BCUT2D eigenvalue weighted by molar-refractivity contribution is -0.144. The number of rotatable bonds is 24. The van der Waals surface area contributed by atoms with E-state index in [0.717, 1.165) is 116 Å². The van der Waals surface area contributed by atoms with Crippen LogP contribution in [0.4, 0.5) is 0 Å². The van der Waals surface area contributed by atoms with Gasteiger partial charge in [-0.2, -0.15) is 0 Å². The summed E-state index contributed by atoms with van der Waals surface area (Å²) in [4.78, 5) is 25.9. The van der Waals surface area contributed by atoms with Crippen molar-refractivity contribution in [3.63, 3.8) is 0 Å². The Morgan fingerprint density at radius 3 is 0.778 bits per heavy atom. The van der Waals surface area contributed by atoms with E-state index in [1.165, 1.54) is 55.6 Å². The van der Waals surface area contributed by atoms with Gasteiger partial charge in [-0.15, -0.1) is 22.7 Å². The number of carboxylic acid groups (broad SMARTS) is 2. The summed E-state index contributed by atoms with van der Waals surface area (Å²) in [6.07, 6.45) is 8.10. The van der Waals surface area contributed by atoms with Crippen molar-refractivity contribution >= 4 is 34.6 Å². The van der Waals surface area contributed by atoms with Crippen LogP contribution in [0.15, 0.2) is 194 Å². The van der Waals surface area contributed by atoms with Crippen molar-refractivity contribution in [3.05, 3.63) is 216 Å². The third-order valence-corrected chi connectivity index (χ3v) is 18.5. The molecular weight excluding hydrogens is 1160 g/mol. The first-order chi connectivity index (χ1) is 44.0. The van der Waals surface area contributed by atoms with Gasteiger partial charge in [0.2, 0.25) is 0 Å². The SMILES string of the molecule is CCCc1ccc(-c2ccc(-c3sc(-c4ccc(-c5ccc(CCC)cc5)cc4)c4c3OC[C@@H](COCC(=O)O)O4)cc2)cc1.CCCc1ccc(-c2ccc(-c3sc(-c4ccc(-c5ccc(CCC)cc5)cc4)c4c3OC[C@H](COCC(=O)O)O4)cc2)cc1. The number of hydrogen-bond acceptors (Lipinski definition) is 10. The molecule has 10 aromatic rings. The van der Waals surface area contributed by atoms with E-state index in [4.69, 9.17) is 38.6 Å². The second kappa shape index (κ2) is 30.2. The Morgan fingerprint density at radius 2 is 0.556 bits per heavy atom. The van der Waals surface area contributed by atoms with Gasteiger partial charge in [0.05, 0.1) is 32.7 Å². The van der Waals surface area contributed by atoms with Crippen molar-refractivity contribution in [2.45, 2.75) is 91.3 Å². The van der Waals surface area contributed by atoms with Gasteiger partial charge in [-0.25, -0.2) is 9.59 Å². The zero-order valence-electron chi connectivity index (χ0n) is 51.5. The average Bonchev–Trinajstić information content (AvgIpc) is 1.67. The van der Waals surface area contributed by atoms with Crippen LogP contribution in [0.25, 0.3) is 86.3 Å². The van der Waals surface area contributed by atoms with Crippen LogP contribution in [0, 0.1) is 0 Å². The van der Waals surface area contributed by atoms with Crippen molar-refractivity contribution in [3.8, 4) is 109 Å². The lowest BCUT2D eigenvalue weighted by atomic mass is 10.0. The Labute approximate surface area is 536 Å². The van der Waals surface area contributed by atoms with E-state index in [2.05, 4.69) is 222 Å². The van der Waals surface area contributed by atoms with Crippen molar-refractivity contribution in [1.29, 1.82) is 0 Å². The number of benzene rings is 8. The van der Waals surface area contributed by atoms with E-state index < -0.39 is 24.1 Å². The third-order valence-electron chi connectivity index (χ3n) is 16.0. The van der Waals surface area contributed by atoms with Crippen molar-refractivity contribution in [2.75, 3.05) is 39.6 Å². The predicted octanol–water partition coefficient (Wildman–Crippen LogP) is 19.1. The molecule has 4 heterocycles. The van der Waals surface area contributed by atoms with Crippen LogP contribution in [0.5, 0.6) is 23.0 Å². The number of hydrogen-bond donors (Lipinski definition) is 2. The van der Waals surface area contributed by atoms with Crippen LogP contribution in [0.1, 0.15) is 75.6 Å². The lowest BCUT2D eigenvalue weighted by Crippen LogP contribution is -2.34. The van der Waals surface area contributed by atoms with Crippen LogP contribution < -0.4 is 18.9 Å². The standard InChI is InChI=1S/2C39H38O5S/c2*1-3-5-26-7-11-28(12-8-26)30-15-19-32(20-16-30)38-36-37(44-34(24-43-36)23-42-25-35(40)41)39(45-38)33-21-17-31(18-22-33)29-13-9-27(6-4-2)10-14-29/h2*7-22,34H,3-6,23-25H2,1-2H3,(H,40,41)/t2*34-/m10/s1. The van der Waals surface area contributed by atoms with E-state index in [-0.39, 0.29) is 39.6 Å². The fourth-order valence-corrected chi connectivity index (χ4v) is 13.8. The number of aliphatic carboxylic acids is 2. The molecule has 0 saturated carbocycles. The second-order valence-corrected chi connectivity index (χ2v) is 24.9. The molecule has 0 radical (unpaired) electrons. The highest BCUT2D eigenvalue weighted by Gasteiger charge is 2.33. The number of carboxylic acids is 2. The summed E-state index contributed by atoms with van der Waals surface area (Å²) in [5.41, 5.74) is 19.0. The highest BCUT2D eigenvalue weighted by atomic mass is 32.1. The van der Waals surface area contributed by atoms with Crippen LogP contribution in [0.3, 0.4) is 0 Å². The molecule has 0 fully saturated rings. The first kappa shape index (κ1) is 62.8. The van der Waals surface area contributed by atoms with Gasteiger partial charge >= 0.3 is 11.9 Å². The summed E-state index contributed by atoms with van der Waals surface area (Å²) in [7, 11) is 0. The Kier molecular flexibility index (Phi) is 21.0. The van der Waals surface area contributed by atoms with Crippen molar-refractivity contribution in [1.82, 2.24) is 0 Å².